The molecule has 104 valence electrons. The third-order valence-electron chi connectivity index (χ3n) is 3.37. The molecule has 2 rings (SSSR count). The summed E-state index contributed by atoms with van der Waals surface area (Å²) in [4.78, 5) is 27.0. The minimum absolute atomic E-state index is 0.266. The fraction of sp³-hybridized carbons (Fsp3) is 0.267. The van der Waals surface area contributed by atoms with E-state index in [0.717, 1.165) is 18.1 Å². The number of aromatic nitrogens is 2. The van der Waals surface area contributed by atoms with Gasteiger partial charge in [0, 0.05) is 12.3 Å². The van der Waals surface area contributed by atoms with Crippen LogP contribution in [0.3, 0.4) is 0 Å². The summed E-state index contributed by atoms with van der Waals surface area (Å²) in [5, 5.41) is 9.11. The van der Waals surface area contributed by atoms with Gasteiger partial charge < -0.3 is 5.11 Å². The summed E-state index contributed by atoms with van der Waals surface area (Å²) in [7, 11) is 0. The topological polar surface area (TPSA) is 72.2 Å². The van der Waals surface area contributed by atoms with Crippen LogP contribution in [0.25, 0.3) is 17.1 Å². The molecule has 1 heterocycles. The van der Waals surface area contributed by atoms with Crippen molar-refractivity contribution in [3.63, 3.8) is 0 Å². The Hall–Kier alpha value is -2.43. The molecule has 5 heteroatoms. The van der Waals surface area contributed by atoms with Crippen LogP contribution < -0.4 is 5.56 Å². The molecule has 0 aliphatic heterocycles. The first-order valence-electron chi connectivity index (χ1n) is 6.45. The fourth-order valence-electron chi connectivity index (χ4n) is 1.95. The molecule has 0 spiro atoms. The maximum Gasteiger partial charge on any atom is 0.329 e. The normalized spacial score (nSPS) is 12.9. The Balaban J connectivity index is 2.58. The predicted molar refractivity (Wildman–Crippen MR) is 77.7 cm³/mol. The lowest BCUT2D eigenvalue weighted by atomic mass is 9.97. The summed E-state index contributed by atoms with van der Waals surface area (Å²) in [5.74, 6) is -0.743. The van der Waals surface area contributed by atoms with Crippen molar-refractivity contribution in [3.8, 4) is 0 Å². The molecule has 0 aliphatic carbocycles. The Bertz CT molecular complexity index is 731. The van der Waals surface area contributed by atoms with Crippen molar-refractivity contribution in [1.29, 1.82) is 0 Å². The molecule has 0 amide bonds. The van der Waals surface area contributed by atoms with Crippen LogP contribution in [0.1, 0.15) is 31.7 Å². The first kappa shape index (κ1) is 14.0. The number of nitrogens with zero attached hydrogens (tertiary/aromatic N) is 2. The van der Waals surface area contributed by atoms with Crippen LogP contribution in [-0.4, -0.2) is 20.6 Å². The molecule has 0 bridgehead atoms. The number of hydrogen-bond acceptors (Lipinski definition) is 3. The van der Waals surface area contributed by atoms with Crippen molar-refractivity contribution in [3.05, 3.63) is 46.5 Å². The lowest BCUT2D eigenvalue weighted by Crippen LogP contribution is -2.16. The molecule has 0 radical (unpaired) electrons. The number of benzene rings is 1. The van der Waals surface area contributed by atoms with Crippen molar-refractivity contribution >= 4 is 23.1 Å². The van der Waals surface area contributed by atoms with Gasteiger partial charge in [-0.2, -0.15) is 0 Å². The Labute approximate surface area is 116 Å². The van der Waals surface area contributed by atoms with Gasteiger partial charge in [0.2, 0.25) is 0 Å². The average Bonchev–Trinajstić information content (AvgIpc) is 2.45. The molecule has 20 heavy (non-hydrogen) atoms. The van der Waals surface area contributed by atoms with E-state index in [1.54, 1.807) is 0 Å². The van der Waals surface area contributed by atoms with Gasteiger partial charge in [0.15, 0.2) is 0 Å². The summed E-state index contributed by atoms with van der Waals surface area (Å²) < 4.78 is 1.18. The van der Waals surface area contributed by atoms with E-state index in [-0.39, 0.29) is 5.56 Å². The molecule has 5 nitrogen and oxygen atoms in total. The first-order valence-corrected chi connectivity index (χ1v) is 6.45. The van der Waals surface area contributed by atoms with Gasteiger partial charge in [-0.05, 0) is 30.0 Å². The molecule has 1 aromatic heterocycles. The lowest BCUT2D eigenvalue weighted by molar-refractivity contribution is -0.131. The first-order chi connectivity index (χ1) is 9.52. The highest BCUT2D eigenvalue weighted by Crippen LogP contribution is 2.21. The van der Waals surface area contributed by atoms with Gasteiger partial charge in [-0.1, -0.05) is 19.9 Å². The molecule has 0 saturated carbocycles. The molecule has 2 aromatic rings. The monoisotopic (exact) mass is 272 g/mol. The smallest absolute Gasteiger partial charge is 0.329 e. The quantitative estimate of drug-likeness (QED) is 0.868. The standard InChI is InChI=1S/C15H16N2O3/c1-3-10(2)11-4-5-13-12(8-11)15(20)17(9-16-13)7-6-14(18)19/h4-10H,3H2,1-2H3,(H,18,19)/b7-6+. The van der Waals surface area contributed by atoms with E-state index in [4.69, 9.17) is 5.11 Å². The highest BCUT2D eigenvalue weighted by molar-refractivity contribution is 5.83. The van der Waals surface area contributed by atoms with Crippen molar-refractivity contribution in [2.45, 2.75) is 26.2 Å². The van der Waals surface area contributed by atoms with Crippen LogP contribution in [0, 0.1) is 0 Å². The minimum Gasteiger partial charge on any atom is -0.478 e. The summed E-state index contributed by atoms with van der Waals surface area (Å²) in [6.07, 6.45) is 4.42. The minimum atomic E-state index is -1.11. The van der Waals surface area contributed by atoms with Crippen LogP contribution in [0.15, 0.2) is 35.4 Å². The summed E-state index contributed by atoms with van der Waals surface area (Å²) in [6, 6.07) is 5.63. The van der Waals surface area contributed by atoms with Crippen molar-refractivity contribution < 1.29 is 9.90 Å². The van der Waals surface area contributed by atoms with Gasteiger partial charge in [-0.3, -0.25) is 9.36 Å². The van der Waals surface area contributed by atoms with Crippen LogP contribution in [-0.2, 0) is 4.79 Å². The second kappa shape index (κ2) is 5.69. The van der Waals surface area contributed by atoms with Gasteiger partial charge in [-0.25, -0.2) is 9.78 Å². The van der Waals surface area contributed by atoms with Crippen molar-refractivity contribution in [1.82, 2.24) is 9.55 Å². The van der Waals surface area contributed by atoms with Crippen LogP contribution in [0.2, 0.25) is 0 Å². The molecule has 0 fully saturated rings. The van der Waals surface area contributed by atoms with E-state index in [2.05, 4.69) is 18.8 Å². The zero-order valence-electron chi connectivity index (χ0n) is 11.4. The van der Waals surface area contributed by atoms with E-state index in [9.17, 15) is 9.59 Å². The molecule has 1 aromatic carbocycles. The molecule has 1 unspecified atom stereocenters. The van der Waals surface area contributed by atoms with E-state index < -0.39 is 5.97 Å². The zero-order valence-corrected chi connectivity index (χ0v) is 11.4. The second-order valence-corrected chi connectivity index (χ2v) is 4.70. The third kappa shape index (κ3) is 2.77. The summed E-state index contributed by atoms with van der Waals surface area (Å²) in [5.41, 5.74) is 1.43. The number of aliphatic carboxylic acids is 1. The van der Waals surface area contributed by atoms with Gasteiger partial charge in [0.1, 0.15) is 6.33 Å². The van der Waals surface area contributed by atoms with E-state index >= 15 is 0 Å². The average molecular weight is 272 g/mol. The zero-order chi connectivity index (χ0) is 14.7. The van der Waals surface area contributed by atoms with E-state index in [1.165, 1.54) is 17.1 Å². The fourth-order valence-corrected chi connectivity index (χ4v) is 1.95. The number of hydrogen-bond donors (Lipinski definition) is 1. The SMILES string of the molecule is CCC(C)c1ccc2ncn(/C=C/C(=O)O)c(=O)c2c1. The molecular formula is C15H16N2O3. The molecular weight excluding hydrogens is 256 g/mol. The maximum atomic E-state index is 12.3. The number of carboxylic acid groups (broad SMARTS) is 1. The van der Waals surface area contributed by atoms with Crippen LogP contribution in [0.4, 0.5) is 0 Å². The number of carboxylic acids is 1. The maximum absolute atomic E-state index is 12.3. The number of fused-ring (bicyclic) bond motifs is 1. The molecule has 1 N–H and O–H groups in total. The van der Waals surface area contributed by atoms with Crippen molar-refractivity contribution in [2.24, 2.45) is 0 Å². The summed E-state index contributed by atoms with van der Waals surface area (Å²) >= 11 is 0. The Morgan fingerprint density at radius 3 is 2.90 bits per heavy atom. The molecule has 0 aliphatic rings. The molecule has 0 saturated heterocycles. The van der Waals surface area contributed by atoms with Gasteiger partial charge >= 0.3 is 5.97 Å². The molecule has 1 atom stereocenters. The summed E-state index contributed by atoms with van der Waals surface area (Å²) in [6.45, 7) is 4.19. The van der Waals surface area contributed by atoms with Gasteiger partial charge in [0.05, 0.1) is 10.9 Å². The van der Waals surface area contributed by atoms with Crippen molar-refractivity contribution in [2.75, 3.05) is 0 Å². The van der Waals surface area contributed by atoms with Crippen LogP contribution in [0.5, 0.6) is 0 Å². The number of carbonyl (C=O) groups is 1. The Morgan fingerprint density at radius 2 is 2.25 bits per heavy atom. The van der Waals surface area contributed by atoms with E-state index in [1.807, 2.05) is 18.2 Å². The number of rotatable bonds is 4. The van der Waals surface area contributed by atoms with Gasteiger partial charge in [0.25, 0.3) is 5.56 Å². The Morgan fingerprint density at radius 1 is 1.50 bits per heavy atom. The second-order valence-electron chi connectivity index (χ2n) is 4.70. The van der Waals surface area contributed by atoms with Crippen LogP contribution >= 0.6 is 0 Å². The van der Waals surface area contributed by atoms with E-state index in [0.29, 0.717) is 16.8 Å². The lowest BCUT2D eigenvalue weighted by Gasteiger charge is -2.09. The third-order valence-corrected chi connectivity index (χ3v) is 3.37. The largest absolute Gasteiger partial charge is 0.478 e. The Kier molecular flexibility index (Phi) is 3.98. The highest BCUT2D eigenvalue weighted by Gasteiger charge is 2.07. The highest BCUT2D eigenvalue weighted by atomic mass is 16.4. The van der Waals surface area contributed by atoms with Gasteiger partial charge in [-0.15, -0.1) is 0 Å². The predicted octanol–water partition coefficient (Wildman–Crippen LogP) is 2.47.